The van der Waals surface area contributed by atoms with Crippen LogP contribution in [0.2, 0.25) is 0 Å². The molecule has 0 radical (unpaired) electrons. The Morgan fingerprint density at radius 1 is 1.14 bits per heavy atom. The molecule has 43 heavy (non-hydrogen) atoms. The van der Waals surface area contributed by atoms with Gasteiger partial charge in [-0.15, -0.1) is 0 Å². The van der Waals surface area contributed by atoms with E-state index in [1.165, 1.54) is 19.4 Å². The topological polar surface area (TPSA) is 181 Å². The SMILES string of the molecule is CCOc1cc([C@@H]2NC(=O)NC(C)=C2C(=O)OC)ccc1OC[C@@H](O)N/N=C\c1ccc(-c2cccc(C(=O)O)c2C)o1. The second-order valence-corrected chi connectivity index (χ2v) is 9.40. The Labute approximate surface area is 247 Å². The predicted molar refractivity (Wildman–Crippen MR) is 155 cm³/mol. The number of nitrogens with one attached hydrogen (secondary N) is 3. The number of rotatable bonds is 12. The smallest absolute Gasteiger partial charge is 0.337 e. The van der Waals surface area contributed by atoms with Gasteiger partial charge in [-0.1, -0.05) is 18.2 Å². The molecule has 5 N–H and O–H groups in total. The lowest BCUT2D eigenvalue weighted by Gasteiger charge is -2.28. The molecule has 0 unspecified atom stereocenters. The first-order valence-electron chi connectivity index (χ1n) is 13.3. The summed E-state index contributed by atoms with van der Waals surface area (Å²) in [5.41, 5.74) is 5.15. The molecule has 0 bridgehead atoms. The number of carboxylic acids is 1. The van der Waals surface area contributed by atoms with Gasteiger partial charge < -0.3 is 39.5 Å². The van der Waals surface area contributed by atoms with Crippen LogP contribution in [0, 0.1) is 6.92 Å². The molecule has 0 saturated heterocycles. The number of benzene rings is 2. The lowest BCUT2D eigenvalue weighted by atomic mass is 9.95. The summed E-state index contributed by atoms with van der Waals surface area (Å²) in [5.74, 6) is -0.0813. The summed E-state index contributed by atoms with van der Waals surface area (Å²) in [5, 5.41) is 29.0. The van der Waals surface area contributed by atoms with Crippen LogP contribution < -0.4 is 25.5 Å². The number of methoxy groups -OCH3 is 1. The number of aliphatic hydroxyl groups is 1. The minimum absolute atomic E-state index is 0.187. The molecule has 0 saturated carbocycles. The van der Waals surface area contributed by atoms with Crippen molar-refractivity contribution in [3.05, 3.63) is 82.3 Å². The van der Waals surface area contributed by atoms with Gasteiger partial charge in [0.1, 0.15) is 18.1 Å². The summed E-state index contributed by atoms with van der Waals surface area (Å²) < 4.78 is 22.1. The van der Waals surface area contributed by atoms with Crippen LogP contribution in [0.5, 0.6) is 11.5 Å². The van der Waals surface area contributed by atoms with E-state index in [-0.39, 0.29) is 17.7 Å². The van der Waals surface area contributed by atoms with E-state index in [4.69, 9.17) is 18.6 Å². The summed E-state index contributed by atoms with van der Waals surface area (Å²) >= 11 is 0. The van der Waals surface area contributed by atoms with E-state index in [1.807, 2.05) is 0 Å². The molecule has 226 valence electrons. The largest absolute Gasteiger partial charge is 0.490 e. The number of aliphatic hydroxyl groups excluding tert-OH is 1. The molecular formula is C30H32N4O9. The highest BCUT2D eigenvalue weighted by Crippen LogP contribution is 2.35. The number of hydrogen-bond acceptors (Lipinski definition) is 10. The Hall–Kier alpha value is -5.30. The summed E-state index contributed by atoms with van der Waals surface area (Å²) in [6.07, 6.45) is 0.167. The van der Waals surface area contributed by atoms with E-state index in [0.29, 0.717) is 52.0 Å². The van der Waals surface area contributed by atoms with Crippen molar-refractivity contribution in [1.82, 2.24) is 16.1 Å². The van der Waals surface area contributed by atoms with Crippen LogP contribution in [-0.2, 0) is 9.53 Å². The number of esters is 1. The number of carbonyl (C=O) groups excluding carboxylic acids is 2. The number of ether oxygens (including phenoxy) is 3. The third-order valence-electron chi connectivity index (χ3n) is 6.54. The molecule has 3 aromatic rings. The molecule has 13 heteroatoms. The van der Waals surface area contributed by atoms with Gasteiger partial charge in [-0.2, -0.15) is 5.10 Å². The third kappa shape index (κ3) is 7.13. The molecule has 2 heterocycles. The first-order chi connectivity index (χ1) is 20.6. The summed E-state index contributed by atoms with van der Waals surface area (Å²) in [6, 6.07) is 12.0. The molecule has 0 fully saturated rings. The lowest BCUT2D eigenvalue weighted by molar-refractivity contribution is -0.136. The highest BCUT2D eigenvalue weighted by atomic mass is 16.5. The average Bonchev–Trinajstić information content (AvgIpc) is 3.44. The van der Waals surface area contributed by atoms with Crippen molar-refractivity contribution in [2.24, 2.45) is 5.10 Å². The van der Waals surface area contributed by atoms with Crippen LogP contribution in [0.15, 0.2) is 69.3 Å². The fraction of sp³-hybridized carbons (Fsp3) is 0.267. The van der Waals surface area contributed by atoms with E-state index in [2.05, 4.69) is 21.2 Å². The average molecular weight is 593 g/mol. The highest BCUT2D eigenvalue weighted by Gasteiger charge is 2.32. The summed E-state index contributed by atoms with van der Waals surface area (Å²) in [7, 11) is 1.26. The molecule has 0 aliphatic carbocycles. The van der Waals surface area contributed by atoms with Gasteiger partial charge in [-0.3, -0.25) is 5.43 Å². The fourth-order valence-electron chi connectivity index (χ4n) is 4.51. The first kappa shape index (κ1) is 30.7. The van der Waals surface area contributed by atoms with Crippen molar-refractivity contribution in [2.75, 3.05) is 20.3 Å². The number of amides is 2. The molecule has 2 aromatic carbocycles. The van der Waals surface area contributed by atoms with Gasteiger partial charge >= 0.3 is 18.0 Å². The van der Waals surface area contributed by atoms with E-state index >= 15 is 0 Å². The van der Waals surface area contributed by atoms with Crippen LogP contribution >= 0.6 is 0 Å². The van der Waals surface area contributed by atoms with Gasteiger partial charge in [-0.05, 0) is 62.2 Å². The fourth-order valence-corrected chi connectivity index (χ4v) is 4.51. The molecule has 1 aromatic heterocycles. The molecule has 4 rings (SSSR count). The minimum Gasteiger partial charge on any atom is -0.490 e. The van der Waals surface area contributed by atoms with Crippen LogP contribution in [0.25, 0.3) is 11.3 Å². The normalized spacial score (nSPS) is 15.5. The number of carboxylic acid groups (broad SMARTS) is 1. The van der Waals surface area contributed by atoms with Crippen LogP contribution in [0.3, 0.4) is 0 Å². The second-order valence-electron chi connectivity index (χ2n) is 9.40. The van der Waals surface area contributed by atoms with Crippen LogP contribution in [0.4, 0.5) is 4.79 Å². The second kappa shape index (κ2) is 13.6. The maximum Gasteiger partial charge on any atom is 0.337 e. The van der Waals surface area contributed by atoms with Gasteiger partial charge in [0.25, 0.3) is 0 Å². The minimum atomic E-state index is -1.20. The first-order valence-corrected chi connectivity index (χ1v) is 13.3. The van der Waals surface area contributed by atoms with Crippen LogP contribution in [0.1, 0.15) is 47.1 Å². The number of hydrazone groups is 1. The maximum absolute atomic E-state index is 12.4. The Morgan fingerprint density at radius 2 is 1.93 bits per heavy atom. The zero-order valence-electron chi connectivity index (χ0n) is 24.0. The Kier molecular flexibility index (Phi) is 9.68. The van der Waals surface area contributed by atoms with Gasteiger partial charge in [0.15, 0.2) is 17.7 Å². The number of hydrogen-bond donors (Lipinski definition) is 5. The number of aromatic carboxylic acids is 1. The van der Waals surface area contributed by atoms with Crippen molar-refractivity contribution >= 4 is 24.2 Å². The Balaban J connectivity index is 1.40. The van der Waals surface area contributed by atoms with Gasteiger partial charge in [-0.25, -0.2) is 14.4 Å². The standard InChI is InChI=1S/C30H32N4O9/c1-5-41-24-13-18(27-26(29(38)40-4)17(3)32-30(39)33-27)9-11-23(24)42-15-25(35)34-31-14-19-10-12-22(43-19)20-7-6-8-21(16(20)2)28(36)37/h6-14,25,27,34-35H,5,15H2,1-4H3,(H,36,37)(H2,32,33,39)/b31-14-/t25-,27+/m1/s1. The molecule has 2 atom stereocenters. The number of nitrogens with zero attached hydrogens (tertiary/aromatic N) is 1. The van der Waals surface area contributed by atoms with Crippen LogP contribution in [-0.4, -0.2) is 60.9 Å². The van der Waals surface area contributed by atoms with Crippen molar-refractivity contribution in [3.8, 4) is 22.8 Å². The highest BCUT2D eigenvalue weighted by molar-refractivity contribution is 5.95. The maximum atomic E-state index is 12.4. The van der Waals surface area contributed by atoms with E-state index < -0.39 is 30.2 Å². The number of allylic oxidation sites excluding steroid dienone is 1. The molecular weight excluding hydrogens is 560 g/mol. The summed E-state index contributed by atoms with van der Waals surface area (Å²) in [4.78, 5) is 36.0. The number of furan rings is 1. The predicted octanol–water partition coefficient (Wildman–Crippen LogP) is 3.47. The molecule has 13 nitrogen and oxygen atoms in total. The Morgan fingerprint density at radius 3 is 2.65 bits per heavy atom. The van der Waals surface area contributed by atoms with E-state index in [1.54, 1.807) is 63.2 Å². The molecule has 1 aliphatic heterocycles. The monoisotopic (exact) mass is 592 g/mol. The summed E-state index contributed by atoms with van der Waals surface area (Å²) in [6.45, 7) is 5.23. The molecule has 2 amide bonds. The zero-order chi connectivity index (χ0) is 31.1. The van der Waals surface area contributed by atoms with E-state index in [9.17, 15) is 24.6 Å². The van der Waals surface area contributed by atoms with Gasteiger partial charge in [0, 0.05) is 11.3 Å². The lowest BCUT2D eigenvalue weighted by Crippen LogP contribution is -2.45. The Bertz CT molecular complexity index is 1580. The zero-order valence-corrected chi connectivity index (χ0v) is 24.0. The van der Waals surface area contributed by atoms with Crippen molar-refractivity contribution < 1.29 is 43.2 Å². The third-order valence-corrected chi connectivity index (χ3v) is 6.54. The quantitative estimate of drug-likeness (QED) is 0.0904. The van der Waals surface area contributed by atoms with Crippen molar-refractivity contribution in [2.45, 2.75) is 33.0 Å². The van der Waals surface area contributed by atoms with Gasteiger partial charge in [0.2, 0.25) is 0 Å². The number of carbonyl (C=O) groups is 3. The number of urea groups is 1. The van der Waals surface area contributed by atoms with Gasteiger partial charge in [0.05, 0.1) is 37.1 Å². The molecule has 1 aliphatic rings. The molecule has 0 spiro atoms. The van der Waals surface area contributed by atoms with E-state index in [0.717, 1.165) is 0 Å². The van der Waals surface area contributed by atoms with Crippen molar-refractivity contribution in [3.63, 3.8) is 0 Å². The van der Waals surface area contributed by atoms with Crippen molar-refractivity contribution in [1.29, 1.82) is 0 Å².